The molecule has 0 saturated heterocycles. The first-order valence-electron chi connectivity index (χ1n) is 21.9. The zero-order valence-electron chi connectivity index (χ0n) is 35.6. The molecule has 0 spiro atoms. The van der Waals surface area contributed by atoms with Crippen molar-refractivity contribution in [1.82, 2.24) is 0 Å². The lowest BCUT2D eigenvalue weighted by atomic mass is 10.1. The third kappa shape index (κ3) is 15.8. The van der Waals surface area contributed by atoms with E-state index in [1.54, 1.807) is 24.3 Å². The summed E-state index contributed by atoms with van der Waals surface area (Å²) in [5.41, 5.74) is 4.89. The molecule has 0 heterocycles. The Morgan fingerprint density at radius 2 is 0.710 bits per heavy atom. The summed E-state index contributed by atoms with van der Waals surface area (Å²) in [4.78, 5) is 26.0. The molecule has 0 saturated carbocycles. The van der Waals surface area contributed by atoms with Crippen molar-refractivity contribution >= 4 is 11.9 Å². The van der Waals surface area contributed by atoms with Crippen molar-refractivity contribution < 1.29 is 38.0 Å². The SMILES string of the molecule is O=C(OCCCCCCCCCCCCOC(=O)c1cc(OCc2ccccc2)c(OCc2ccccc2)c(OCc2ccccc2)c1)c1cccc(OCc2ccccc2)c1. The molecule has 0 amide bonds. The average molecular weight is 835 g/mol. The van der Waals surface area contributed by atoms with Gasteiger partial charge in [-0.2, -0.15) is 0 Å². The Balaban J connectivity index is 0.883. The third-order valence-electron chi connectivity index (χ3n) is 10.3. The van der Waals surface area contributed by atoms with Crippen molar-refractivity contribution in [3.63, 3.8) is 0 Å². The van der Waals surface area contributed by atoms with E-state index in [9.17, 15) is 9.59 Å². The maximum absolute atomic E-state index is 13.5. The molecule has 6 aromatic carbocycles. The van der Waals surface area contributed by atoms with Crippen molar-refractivity contribution in [2.75, 3.05) is 13.2 Å². The maximum atomic E-state index is 13.5. The van der Waals surface area contributed by atoms with E-state index in [1.165, 1.54) is 12.8 Å². The molecule has 0 aliphatic carbocycles. The van der Waals surface area contributed by atoms with E-state index >= 15 is 0 Å². The van der Waals surface area contributed by atoms with Crippen LogP contribution in [0.25, 0.3) is 0 Å². The molecular formula is C54H58O8. The summed E-state index contributed by atoms with van der Waals surface area (Å²) in [6.45, 7) is 2.08. The predicted octanol–water partition coefficient (Wildman–Crippen LogP) is 12.9. The van der Waals surface area contributed by atoms with Crippen molar-refractivity contribution in [3.8, 4) is 23.0 Å². The minimum atomic E-state index is -0.429. The largest absolute Gasteiger partial charge is 0.489 e. The van der Waals surface area contributed by atoms with Gasteiger partial charge in [0.2, 0.25) is 5.75 Å². The zero-order chi connectivity index (χ0) is 42.9. The van der Waals surface area contributed by atoms with E-state index in [4.69, 9.17) is 28.4 Å². The van der Waals surface area contributed by atoms with Crippen LogP contribution in [-0.4, -0.2) is 25.2 Å². The first-order chi connectivity index (χ1) is 30.6. The molecule has 0 N–H and O–H groups in total. The Morgan fingerprint density at radius 3 is 1.15 bits per heavy atom. The van der Waals surface area contributed by atoms with Gasteiger partial charge in [-0.3, -0.25) is 0 Å². The summed E-state index contributed by atoms with van der Waals surface area (Å²) in [7, 11) is 0. The van der Waals surface area contributed by atoms with Crippen LogP contribution in [0.3, 0.4) is 0 Å². The molecule has 0 aliphatic heterocycles. The van der Waals surface area contributed by atoms with Gasteiger partial charge in [0.15, 0.2) is 11.5 Å². The van der Waals surface area contributed by atoms with Gasteiger partial charge in [0.1, 0.15) is 32.2 Å². The van der Waals surface area contributed by atoms with Gasteiger partial charge in [-0.05, 0) is 65.4 Å². The summed E-state index contributed by atoms with van der Waals surface area (Å²) in [6.07, 6.45) is 10.5. The van der Waals surface area contributed by atoms with Crippen LogP contribution in [0.15, 0.2) is 158 Å². The van der Waals surface area contributed by atoms with E-state index in [0.717, 1.165) is 73.6 Å². The number of esters is 2. The van der Waals surface area contributed by atoms with Gasteiger partial charge in [0, 0.05) is 0 Å². The van der Waals surface area contributed by atoms with Gasteiger partial charge >= 0.3 is 11.9 Å². The minimum Gasteiger partial charge on any atom is -0.489 e. The van der Waals surface area contributed by atoms with Gasteiger partial charge < -0.3 is 28.4 Å². The van der Waals surface area contributed by atoms with Gasteiger partial charge in [0.05, 0.1) is 24.3 Å². The monoisotopic (exact) mass is 834 g/mol. The highest BCUT2D eigenvalue weighted by molar-refractivity contribution is 5.91. The zero-order valence-corrected chi connectivity index (χ0v) is 35.6. The fraction of sp³-hybridized carbons (Fsp3) is 0.296. The number of hydrogen-bond acceptors (Lipinski definition) is 8. The maximum Gasteiger partial charge on any atom is 0.338 e. The molecule has 0 radical (unpaired) electrons. The first kappa shape index (κ1) is 45.0. The first-order valence-corrected chi connectivity index (χ1v) is 21.9. The van der Waals surface area contributed by atoms with Gasteiger partial charge in [-0.15, -0.1) is 0 Å². The second-order valence-electron chi connectivity index (χ2n) is 15.2. The standard InChI is InChI=1S/C54H58O8/c55-53(47-32-23-33-49(36-47)59-39-43-24-13-9-14-25-43)57-34-21-7-5-3-1-2-4-6-8-22-35-58-54(56)48-37-50(60-40-44-26-15-10-16-27-44)52(62-42-46-30-19-12-20-31-46)51(38-48)61-41-45-28-17-11-18-29-45/h9-20,23-33,36-38H,1-8,21-22,34-35,39-42H2. The number of benzene rings is 6. The molecule has 0 aliphatic rings. The number of carbonyl (C=O) groups is 2. The molecule has 0 bridgehead atoms. The average Bonchev–Trinajstić information content (AvgIpc) is 3.32. The lowest BCUT2D eigenvalue weighted by molar-refractivity contribution is 0.0487. The number of carbonyl (C=O) groups excluding carboxylic acids is 2. The number of rotatable bonds is 27. The highest BCUT2D eigenvalue weighted by atomic mass is 16.5. The number of ether oxygens (including phenoxy) is 6. The van der Waals surface area contributed by atoms with Crippen LogP contribution in [0.4, 0.5) is 0 Å². The fourth-order valence-corrected chi connectivity index (χ4v) is 6.82. The third-order valence-corrected chi connectivity index (χ3v) is 10.3. The van der Waals surface area contributed by atoms with E-state index < -0.39 is 5.97 Å². The molecule has 6 rings (SSSR count). The van der Waals surface area contributed by atoms with E-state index in [0.29, 0.717) is 73.8 Å². The minimum absolute atomic E-state index is 0.291. The van der Waals surface area contributed by atoms with Crippen LogP contribution in [-0.2, 0) is 35.9 Å². The van der Waals surface area contributed by atoms with Crippen molar-refractivity contribution in [2.45, 2.75) is 90.6 Å². The summed E-state index contributed by atoms with van der Waals surface area (Å²) >= 11 is 0. The highest BCUT2D eigenvalue weighted by Crippen LogP contribution is 2.41. The Kier molecular flexibility index (Phi) is 18.8. The van der Waals surface area contributed by atoms with E-state index in [2.05, 4.69) is 0 Å². The van der Waals surface area contributed by atoms with E-state index in [-0.39, 0.29) is 5.97 Å². The summed E-state index contributed by atoms with van der Waals surface area (Å²) in [5, 5.41) is 0. The predicted molar refractivity (Wildman–Crippen MR) is 243 cm³/mol. The Hall–Kier alpha value is -6.54. The van der Waals surface area contributed by atoms with Crippen LogP contribution in [0.1, 0.15) is 107 Å². The van der Waals surface area contributed by atoms with Crippen LogP contribution < -0.4 is 18.9 Å². The van der Waals surface area contributed by atoms with Crippen molar-refractivity contribution in [1.29, 1.82) is 0 Å². The summed E-state index contributed by atoms with van der Waals surface area (Å²) in [5.74, 6) is 1.15. The number of hydrogen-bond donors (Lipinski definition) is 0. The molecular weight excluding hydrogens is 777 g/mol. The normalized spacial score (nSPS) is 10.8. The molecule has 8 heteroatoms. The molecule has 0 atom stereocenters. The molecule has 62 heavy (non-hydrogen) atoms. The molecule has 322 valence electrons. The van der Waals surface area contributed by atoms with Crippen molar-refractivity contribution in [3.05, 3.63) is 191 Å². The molecule has 0 unspecified atom stereocenters. The topological polar surface area (TPSA) is 89.5 Å². The van der Waals surface area contributed by atoms with Crippen LogP contribution >= 0.6 is 0 Å². The lowest BCUT2D eigenvalue weighted by Crippen LogP contribution is -2.10. The van der Waals surface area contributed by atoms with Gasteiger partial charge in [-0.1, -0.05) is 179 Å². The van der Waals surface area contributed by atoms with Crippen LogP contribution in [0, 0.1) is 0 Å². The smallest absolute Gasteiger partial charge is 0.338 e. The Bertz CT molecular complexity index is 2130. The Labute approximate surface area is 366 Å². The second kappa shape index (κ2) is 25.9. The lowest BCUT2D eigenvalue weighted by Gasteiger charge is -2.19. The Morgan fingerprint density at radius 1 is 0.339 bits per heavy atom. The summed E-state index contributed by atoms with van der Waals surface area (Å²) < 4.78 is 36.2. The molecule has 6 aromatic rings. The van der Waals surface area contributed by atoms with Crippen LogP contribution in [0.2, 0.25) is 0 Å². The van der Waals surface area contributed by atoms with Crippen LogP contribution in [0.5, 0.6) is 23.0 Å². The fourth-order valence-electron chi connectivity index (χ4n) is 6.82. The molecule has 8 nitrogen and oxygen atoms in total. The van der Waals surface area contributed by atoms with Gasteiger partial charge in [-0.25, -0.2) is 9.59 Å². The summed E-state index contributed by atoms with van der Waals surface area (Å²) in [6, 6.07) is 50.1. The van der Waals surface area contributed by atoms with Gasteiger partial charge in [0.25, 0.3) is 0 Å². The van der Waals surface area contributed by atoms with E-state index in [1.807, 2.05) is 133 Å². The number of unbranched alkanes of at least 4 members (excludes halogenated alkanes) is 9. The molecule has 0 aromatic heterocycles. The van der Waals surface area contributed by atoms with Crippen molar-refractivity contribution in [2.24, 2.45) is 0 Å². The quantitative estimate of drug-likeness (QED) is 0.0374. The highest BCUT2D eigenvalue weighted by Gasteiger charge is 2.21. The second-order valence-corrected chi connectivity index (χ2v) is 15.2. The molecule has 0 fully saturated rings.